The van der Waals surface area contributed by atoms with Gasteiger partial charge < -0.3 is 15.0 Å². The van der Waals surface area contributed by atoms with Crippen LogP contribution >= 0.6 is 0 Å². The zero-order valence-corrected chi connectivity index (χ0v) is 21.7. The number of hydrogen-bond donors (Lipinski definition) is 1. The Morgan fingerprint density at radius 1 is 1.09 bits per heavy atom. The van der Waals surface area contributed by atoms with Crippen molar-refractivity contribution in [3.05, 3.63) is 11.6 Å². The predicted molar refractivity (Wildman–Crippen MR) is 130 cm³/mol. The van der Waals surface area contributed by atoms with E-state index in [0.717, 1.165) is 55.3 Å². The smallest absolute Gasteiger partial charge is 0.0577 e. The van der Waals surface area contributed by atoms with Crippen LogP contribution in [0.3, 0.4) is 0 Å². The summed E-state index contributed by atoms with van der Waals surface area (Å²) < 4.78 is 0. The molecule has 0 radical (unpaired) electrons. The summed E-state index contributed by atoms with van der Waals surface area (Å²) in [5, 5.41) is 19.1. The summed E-state index contributed by atoms with van der Waals surface area (Å²) in [5.41, 5.74) is 2.60. The summed E-state index contributed by atoms with van der Waals surface area (Å²) in [6.07, 6.45) is 17.2. The first-order valence-corrected chi connectivity index (χ1v) is 13.5. The van der Waals surface area contributed by atoms with Crippen LogP contribution in [-0.4, -0.2) is 17.2 Å². The van der Waals surface area contributed by atoms with Gasteiger partial charge in [-0.3, -0.25) is 0 Å². The summed E-state index contributed by atoms with van der Waals surface area (Å²) in [7, 11) is 0. The second-order valence-corrected chi connectivity index (χ2v) is 12.7. The van der Waals surface area contributed by atoms with Crippen molar-refractivity contribution in [1.29, 1.82) is 0 Å². The number of aliphatic carboxylic acids is 1. The number of aliphatic hydroxyl groups excluding tert-OH is 1. The number of carbonyl (C=O) groups is 1. The molecule has 4 aliphatic rings. The SMILES string of the molecule is CC(=O)[O-].CC(C)CCC[C@@H](C)[C@H]1CC[C@H]2[C@@H]3CC=C4C[C@@H](O)CC[C@]4(C)[C@H]3CC[C@]12C. The molecule has 32 heavy (non-hydrogen) atoms. The molecular weight excluding hydrogens is 396 g/mol. The van der Waals surface area contributed by atoms with E-state index >= 15 is 0 Å². The number of hydrogen-bond acceptors (Lipinski definition) is 3. The first-order valence-electron chi connectivity index (χ1n) is 13.5. The molecule has 0 heterocycles. The van der Waals surface area contributed by atoms with E-state index in [1.807, 2.05) is 0 Å². The molecule has 0 spiro atoms. The Morgan fingerprint density at radius 3 is 2.44 bits per heavy atom. The maximum atomic E-state index is 10.2. The van der Waals surface area contributed by atoms with Crippen molar-refractivity contribution < 1.29 is 15.0 Å². The van der Waals surface area contributed by atoms with Gasteiger partial charge in [0.1, 0.15) is 0 Å². The van der Waals surface area contributed by atoms with Gasteiger partial charge in [-0.2, -0.15) is 0 Å². The molecule has 0 bridgehead atoms. The highest BCUT2D eigenvalue weighted by atomic mass is 16.4. The molecule has 3 nitrogen and oxygen atoms in total. The van der Waals surface area contributed by atoms with E-state index in [1.165, 1.54) is 57.8 Å². The van der Waals surface area contributed by atoms with Crippen molar-refractivity contribution >= 4 is 5.97 Å². The first kappa shape index (κ1) is 25.8. The number of carbonyl (C=O) groups excluding carboxylic acids is 1. The molecule has 184 valence electrons. The fourth-order valence-electron chi connectivity index (χ4n) is 8.67. The molecule has 0 aromatic carbocycles. The summed E-state index contributed by atoms with van der Waals surface area (Å²) in [6, 6.07) is 0. The average molecular weight is 446 g/mol. The van der Waals surface area contributed by atoms with E-state index in [0.29, 0.717) is 10.8 Å². The Balaban J connectivity index is 0.000000668. The molecule has 3 saturated carbocycles. The second-order valence-electron chi connectivity index (χ2n) is 12.7. The molecule has 3 fully saturated rings. The normalized spacial score (nSPS) is 41.5. The molecule has 3 heteroatoms. The van der Waals surface area contributed by atoms with Gasteiger partial charge in [0.05, 0.1) is 6.10 Å². The fraction of sp³-hybridized carbons (Fsp3) is 0.897. The topological polar surface area (TPSA) is 60.4 Å². The molecule has 0 aliphatic heterocycles. The van der Waals surface area contributed by atoms with Gasteiger partial charge in [-0.25, -0.2) is 0 Å². The van der Waals surface area contributed by atoms with Crippen molar-refractivity contribution in [2.75, 3.05) is 0 Å². The monoisotopic (exact) mass is 445 g/mol. The van der Waals surface area contributed by atoms with Crippen LogP contribution < -0.4 is 5.11 Å². The zero-order chi connectivity index (χ0) is 23.7. The molecule has 4 aliphatic carbocycles. The molecule has 0 aromatic rings. The maximum Gasteiger partial charge on any atom is 0.0577 e. The van der Waals surface area contributed by atoms with Crippen molar-refractivity contribution in [3.63, 3.8) is 0 Å². The Morgan fingerprint density at radius 2 is 1.78 bits per heavy atom. The third-order valence-corrected chi connectivity index (χ3v) is 10.3. The van der Waals surface area contributed by atoms with Crippen molar-refractivity contribution in [3.8, 4) is 0 Å². The Hall–Kier alpha value is -0.830. The van der Waals surface area contributed by atoms with Crippen LogP contribution in [0.15, 0.2) is 11.6 Å². The lowest BCUT2D eigenvalue weighted by atomic mass is 9.47. The quantitative estimate of drug-likeness (QED) is 0.517. The van der Waals surface area contributed by atoms with Gasteiger partial charge in [-0.1, -0.05) is 65.5 Å². The van der Waals surface area contributed by atoms with Crippen LogP contribution in [0.4, 0.5) is 0 Å². The highest BCUT2D eigenvalue weighted by Crippen LogP contribution is 2.67. The molecule has 0 unspecified atom stereocenters. The van der Waals surface area contributed by atoms with Gasteiger partial charge in [0.2, 0.25) is 0 Å². The standard InChI is InChI=1S/C27H46O.C2H4O2/c1-18(2)7-6-8-19(3)23-11-12-24-22-10-9-20-17-21(28)13-15-26(20,4)25(22)14-16-27(23,24)5;1-2(3)4/h9,18-19,21-25,28H,6-8,10-17H2,1-5H3;1H3,(H,3,4)/p-1/t19-,21+,22+,23-,24+,25+,26+,27-;/m1./s1. The lowest BCUT2D eigenvalue weighted by molar-refractivity contribution is -0.302. The van der Waals surface area contributed by atoms with Crippen LogP contribution in [0.5, 0.6) is 0 Å². The van der Waals surface area contributed by atoms with Crippen LogP contribution in [0.1, 0.15) is 112 Å². The number of carboxylic acid groups (broad SMARTS) is 1. The molecule has 0 saturated heterocycles. The Kier molecular flexibility index (Phi) is 8.22. The van der Waals surface area contributed by atoms with Gasteiger partial charge in [0.25, 0.3) is 0 Å². The summed E-state index contributed by atoms with van der Waals surface area (Å²) >= 11 is 0. The number of rotatable bonds is 5. The lowest BCUT2D eigenvalue weighted by Crippen LogP contribution is -2.50. The van der Waals surface area contributed by atoms with Gasteiger partial charge in [-0.15, -0.1) is 0 Å². The van der Waals surface area contributed by atoms with Crippen LogP contribution in [0.2, 0.25) is 0 Å². The van der Waals surface area contributed by atoms with Crippen LogP contribution in [0.25, 0.3) is 0 Å². The molecule has 1 N–H and O–H groups in total. The molecule has 8 atom stereocenters. The Labute approximate surface area is 197 Å². The second kappa shape index (κ2) is 10.2. The zero-order valence-electron chi connectivity index (χ0n) is 21.7. The minimum absolute atomic E-state index is 0.0766. The van der Waals surface area contributed by atoms with Crippen LogP contribution in [0, 0.1) is 46.3 Å². The van der Waals surface area contributed by atoms with Crippen molar-refractivity contribution in [1.82, 2.24) is 0 Å². The third kappa shape index (κ3) is 5.13. The minimum Gasteiger partial charge on any atom is -0.550 e. The molecule has 0 amide bonds. The van der Waals surface area contributed by atoms with Gasteiger partial charge in [0.15, 0.2) is 0 Å². The lowest BCUT2D eigenvalue weighted by Gasteiger charge is -2.58. The highest BCUT2D eigenvalue weighted by Gasteiger charge is 2.59. The molecule has 0 aromatic heterocycles. The predicted octanol–water partition coefficient (Wildman–Crippen LogP) is 6.14. The largest absolute Gasteiger partial charge is 0.550 e. The van der Waals surface area contributed by atoms with Crippen LogP contribution in [-0.2, 0) is 4.79 Å². The Bertz CT molecular complexity index is 678. The van der Waals surface area contributed by atoms with E-state index in [-0.39, 0.29) is 6.10 Å². The molecule has 4 rings (SSSR count). The fourth-order valence-corrected chi connectivity index (χ4v) is 8.67. The summed E-state index contributed by atoms with van der Waals surface area (Å²) in [4.78, 5) is 8.89. The van der Waals surface area contributed by atoms with E-state index < -0.39 is 5.97 Å². The number of fused-ring (bicyclic) bond motifs is 5. The highest BCUT2D eigenvalue weighted by molar-refractivity contribution is 5.60. The minimum atomic E-state index is -1.08. The first-order chi connectivity index (χ1) is 15.0. The van der Waals surface area contributed by atoms with Gasteiger partial charge in [-0.05, 0) is 105 Å². The van der Waals surface area contributed by atoms with Gasteiger partial charge in [0, 0.05) is 5.97 Å². The van der Waals surface area contributed by atoms with E-state index in [4.69, 9.17) is 9.90 Å². The number of aliphatic hydroxyl groups is 1. The maximum absolute atomic E-state index is 10.2. The van der Waals surface area contributed by atoms with E-state index in [2.05, 4.69) is 40.7 Å². The van der Waals surface area contributed by atoms with Gasteiger partial charge >= 0.3 is 0 Å². The van der Waals surface area contributed by atoms with E-state index in [1.54, 1.807) is 5.57 Å². The summed E-state index contributed by atoms with van der Waals surface area (Å²) in [6.45, 7) is 13.5. The third-order valence-electron chi connectivity index (χ3n) is 10.3. The molecular formula is C29H49O3-. The number of carboxylic acids is 1. The van der Waals surface area contributed by atoms with Crippen molar-refractivity contribution in [2.45, 2.75) is 118 Å². The van der Waals surface area contributed by atoms with Crippen molar-refractivity contribution in [2.24, 2.45) is 46.3 Å². The average Bonchev–Trinajstić information content (AvgIpc) is 3.05. The number of allylic oxidation sites excluding steroid dienone is 1. The van der Waals surface area contributed by atoms with E-state index in [9.17, 15) is 5.11 Å². The summed E-state index contributed by atoms with van der Waals surface area (Å²) in [5.74, 6) is 4.37.